The predicted octanol–water partition coefficient (Wildman–Crippen LogP) is 1.94. The van der Waals surface area contributed by atoms with Crippen molar-refractivity contribution >= 4 is 22.4 Å². The molecule has 0 bridgehead atoms. The number of ether oxygens (including phenoxy) is 1. The number of amides is 1. The predicted molar refractivity (Wildman–Crippen MR) is 82.2 cm³/mol. The van der Waals surface area contributed by atoms with Crippen LogP contribution >= 0.6 is 11.3 Å². The highest BCUT2D eigenvalue weighted by Gasteiger charge is 2.14. The van der Waals surface area contributed by atoms with Gasteiger partial charge in [-0.05, 0) is 31.5 Å². The van der Waals surface area contributed by atoms with Gasteiger partial charge in [0.15, 0.2) is 0 Å². The van der Waals surface area contributed by atoms with E-state index in [1.54, 1.807) is 0 Å². The topological polar surface area (TPSA) is 90.1 Å². The summed E-state index contributed by atoms with van der Waals surface area (Å²) < 4.78 is 5.36. The van der Waals surface area contributed by atoms with Crippen molar-refractivity contribution in [3.63, 3.8) is 0 Å². The molecule has 0 radical (unpaired) electrons. The number of anilines is 1. The van der Waals surface area contributed by atoms with Crippen LogP contribution in [-0.2, 0) is 11.2 Å². The Morgan fingerprint density at radius 3 is 2.67 bits per heavy atom. The van der Waals surface area contributed by atoms with E-state index in [1.165, 1.54) is 11.3 Å². The summed E-state index contributed by atoms with van der Waals surface area (Å²) in [5.41, 5.74) is 6.46. The van der Waals surface area contributed by atoms with Gasteiger partial charge in [-0.3, -0.25) is 4.79 Å². The highest BCUT2D eigenvalue weighted by molar-refractivity contribution is 7.15. The molecule has 0 saturated carbocycles. The zero-order valence-corrected chi connectivity index (χ0v) is 12.8. The van der Waals surface area contributed by atoms with E-state index in [1.807, 2.05) is 38.1 Å². The minimum Gasteiger partial charge on any atom is -0.494 e. The summed E-state index contributed by atoms with van der Waals surface area (Å²) in [5.74, 6) is 0.736. The van der Waals surface area contributed by atoms with Gasteiger partial charge in [-0.15, -0.1) is 10.2 Å². The van der Waals surface area contributed by atoms with Crippen molar-refractivity contribution < 1.29 is 9.53 Å². The Morgan fingerprint density at radius 1 is 1.38 bits per heavy atom. The second-order valence-electron chi connectivity index (χ2n) is 4.52. The van der Waals surface area contributed by atoms with E-state index in [9.17, 15) is 4.79 Å². The molecule has 2 rings (SSSR count). The first-order chi connectivity index (χ1) is 10.1. The van der Waals surface area contributed by atoms with Gasteiger partial charge in [0.2, 0.25) is 11.0 Å². The molecular weight excluding hydrogens is 288 g/mol. The van der Waals surface area contributed by atoms with Crippen molar-refractivity contribution in [2.45, 2.75) is 26.3 Å². The van der Waals surface area contributed by atoms with Crippen molar-refractivity contribution in [1.82, 2.24) is 15.5 Å². The lowest BCUT2D eigenvalue weighted by atomic mass is 10.1. The molecule has 1 aromatic carbocycles. The lowest BCUT2D eigenvalue weighted by molar-refractivity contribution is -0.121. The number of rotatable bonds is 6. The standard InChI is InChI=1S/C14H18N4O2S/c1-3-20-11-6-4-10(5-7-11)8-12(19)16-9(2)13-17-18-14(15)21-13/h4-7,9H,3,8H2,1-2H3,(H2,15,18)(H,16,19). The Labute approximate surface area is 127 Å². The van der Waals surface area contributed by atoms with E-state index >= 15 is 0 Å². The molecule has 1 aromatic heterocycles. The average Bonchev–Trinajstić information content (AvgIpc) is 2.88. The fourth-order valence-corrected chi connectivity index (χ4v) is 2.44. The summed E-state index contributed by atoms with van der Waals surface area (Å²) in [7, 11) is 0. The molecule has 1 heterocycles. The summed E-state index contributed by atoms with van der Waals surface area (Å²) >= 11 is 1.28. The van der Waals surface area contributed by atoms with Gasteiger partial charge in [0.1, 0.15) is 10.8 Å². The number of nitrogens with one attached hydrogen (secondary N) is 1. The summed E-state index contributed by atoms with van der Waals surface area (Å²) in [4.78, 5) is 12.0. The lowest BCUT2D eigenvalue weighted by Crippen LogP contribution is -2.28. The molecule has 6 nitrogen and oxygen atoms in total. The molecule has 2 aromatic rings. The molecule has 0 aliphatic carbocycles. The van der Waals surface area contributed by atoms with Gasteiger partial charge in [-0.1, -0.05) is 23.5 Å². The fourth-order valence-electron chi connectivity index (χ4n) is 1.83. The molecule has 21 heavy (non-hydrogen) atoms. The second kappa shape index (κ2) is 7.03. The molecule has 0 aliphatic heterocycles. The number of aromatic nitrogens is 2. The zero-order valence-electron chi connectivity index (χ0n) is 12.0. The number of benzene rings is 1. The van der Waals surface area contributed by atoms with Crippen molar-refractivity contribution in [3.8, 4) is 5.75 Å². The van der Waals surface area contributed by atoms with Crippen LogP contribution in [0.4, 0.5) is 5.13 Å². The molecule has 1 unspecified atom stereocenters. The van der Waals surface area contributed by atoms with Crippen LogP contribution in [-0.4, -0.2) is 22.7 Å². The second-order valence-corrected chi connectivity index (χ2v) is 5.56. The minimum atomic E-state index is -0.199. The van der Waals surface area contributed by atoms with Crippen molar-refractivity contribution in [2.24, 2.45) is 0 Å². The van der Waals surface area contributed by atoms with Gasteiger partial charge in [0, 0.05) is 0 Å². The van der Waals surface area contributed by atoms with E-state index in [2.05, 4.69) is 15.5 Å². The molecule has 3 N–H and O–H groups in total. The van der Waals surface area contributed by atoms with Crippen LogP contribution in [0.2, 0.25) is 0 Å². The van der Waals surface area contributed by atoms with Crippen molar-refractivity contribution in [1.29, 1.82) is 0 Å². The normalized spacial score (nSPS) is 11.9. The molecule has 112 valence electrons. The molecular formula is C14H18N4O2S. The third-order valence-corrected chi connectivity index (χ3v) is 3.74. The molecule has 0 spiro atoms. The van der Waals surface area contributed by atoms with E-state index < -0.39 is 0 Å². The molecule has 0 saturated heterocycles. The minimum absolute atomic E-state index is 0.0690. The quantitative estimate of drug-likeness (QED) is 0.851. The van der Waals surface area contributed by atoms with Gasteiger partial charge in [0.25, 0.3) is 0 Å². The first-order valence-electron chi connectivity index (χ1n) is 6.68. The maximum Gasteiger partial charge on any atom is 0.224 e. The maximum atomic E-state index is 12.0. The van der Waals surface area contributed by atoms with Crippen LogP contribution in [0, 0.1) is 0 Å². The maximum absolute atomic E-state index is 12.0. The molecule has 0 aliphatic rings. The number of hydrogen-bond acceptors (Lipinski definition) is 6. The van der Waals surface area contributed by atoms with E-state index in [0.717, 1.165) is 11.3 Å². The number of hydrogen-bond donors (Lipinski definition) is 2. The third-order valence-electron chi connectivity index (χ3n) is 2.80. The van der Waals surface area contributed by atoms with Crippen LogP contribution in [0.15, 0.2) is 24.3 Å². The van der Waals surface area contributed by atoms with Crippen molar-refractivity contribution in [3.05, 3.63) is 34.8 Å². The van der Waals surface area contributed by atoms with Crippen LogP contribution in [0.5, 0.6) is 5.75 Å². The number of nitrogens with zero attached hydrogens (tertiary/aromatic N) is 2. The van der Waals surface area contributed by atoms with Crippen LogP contribution < -0.4 is 15.8 Å². The Morgan fingerprint density at radius 2 is 2.10 bits per heavy atom. The van der Waals surface area contributed by atoms with Crippen LogP contribution in [0.3, 0.4) is 0 Å². The molecule has 1 atom stereocenters. The summed E-state index contributed by atoms with van der Waals surface area (Å²) in [6.45, 7) is 4.42. The highest BCUT2D eigenvalue weighted by Crippen LogP contribution is 2.19. The van der Waals surface area contributed by atoms with Gasteiger partial charge in [-0.2, -0.15) is 0 Å². The number of nitrogen functional groups attached to an aromatic ring is 1. The van der Waals surface area contributed by atoms with Crippen molar-refractivity contribution in [2.75, 3.05) is 12.3 Å². The largest absolute Gasteiger partial charge is 0.494 e. The van der Waals surface area contributed by atoms with Gasteiger partial charge >= 0.3 is 0 Å². The number of carbonyl (C=O) groups excluding carboxylic acids is 1. The van der Waals surface area contributed by atoms with Crippen LogP contribution in [0.25, 0.3) is 0 Å². The lowest BCUT2D eigenvalue weighted by Gasteiger charge is -2.11. The Kier molecular flexibility index (Phi) is 5.10. The Hall–Kier alpha value is -2.15. The van der Waals surface area contributed by atoms with Gasteiger partial charge in [-0.25, -0.2) is 0 Å². The summed E-state index contributed by atoms with van der Waals surface area (Å²) in [6.07, 6.45) is 0.311. The highest BCUT2D eigenvalue weighted by atomic mass is 32.1. The van der Waals surface area contributed by atoms with E-state index in [4.69, 9.17) is 10.5 Å². The molecule has 7 heteroatoms. The van der Waals surface area contributed by atoms with Gasteiger partial charge in [0.05, 0.1) is 19.1 Å². The zero-order chi connectivity index (χ0) is 15.2. The third kappa shape index (κ3) is 4.42. The molecule has 1 amide bonds. The SMILES string of the molecule is CCOc1ccc(CC(=O)NC(C)c2nnc(N)s2)cc1. The van der Waals surface area contributed by atoms with Crippen LogP contribution in [0.1, 0.15) is 30.5 Å². The average molecular weight is 306 g/mol. The Balaban J connectivity index is 1.89. The van der Waals surface area contributed by atoms with E-state index in [-0.39, 0.29) is 11.9 Å². The first-order valence-corrected chi connectivity index (χ1v) is 7.50. The number of carbonyl (C=O) groups is 1. The fraction of sp³-hybridized carbons (Fsp3) is 0.357. The number of nitrogens with two attached hydrogens (primary N) is 1. The molecule has 0 fully saturated rings. The summed E-state index contributed by atoms with van der Waals surface area (Å²) in [6, 6.07) is 7.30. The summed E-state index contributed by atoms with van der Waals surface area (Å²) in [5, 5.41) is 11.6. The smallest absolute Gasteiger partial charge is 0.224 e. The van der Waals surface area contributed by atoms with Gasteiger partial charge < -0.3 is 15.8 Å². The Bertz CT molecular complexity index is 597. The van der Waals surface area contributed by atoms with E-state index in [0.29, 0.717) is 23.2 Å². The monoisotopic (exact) mass is 306 g/mol. The first kappa shape index (κ1) is 15.2.